The minimum absolute atomic E-state index is 0.0555. The van der Waals surface area contributed by atoms with Crippen LogP contribution < -0.4 is 10.5 Å². The smallest absolute Gasteiger partial charge is 0.471 e. The maximum Gasteiger partial charge on any atom is 0.471 e. The first kappa shape index (κ1) is 21.3. The highest BCUT2D eigenvalue weighted by atomic mass is 35.5. The summed E-state index contributed by atoms with van der Waals surface area (Å²) in [7, 11) is 0. The normalized spacial score (nSPS) is 11.1. The first-order valence-electron chi connectivity index (χ1n) is 7.86. The van der Waals surface area contributed by atoms with Gasteiger partial charge in [-0.2, -0.15) is 13.2 Å². The molecule has 0 atom stereocenters. The zero-order valence-electron chi connectivity index (χ0n) is 14.3. The number of carbonyl (C=O) groups excluding carboxylic acids is 1. The largest absolute Gasteiger partial charge is 0.489 e. The summed E-state index contributed by atoms with van der Waals surface area (Å²) in [6.07, 6.45) is -5.06. The van der Waals surface area contributed by atoms with Gasteiger partial charge >= 0.3 is 12.1 Å². The quantitative estimate of drug-likeness (QED) is 0.419. The molecule has 0 aromatic heterocycles. The first-order valence-corrected chi connectivity index (χ1v) is 8.23. The van der Waals surface area contributed by atoms with E-state index in [0.717, 1.165) is 0 Å². The van der Waals surface area contributed by atoms with Crippen LogP contribution in [0.15, 0.2) is 42.5 Å². The molecule has 0 aliphatic carbocycles. The Bertz CT molecular complexity index is 860. The molecule has 1 amide bonds. The summed E-state index contributed by atoms with van der Waals surface area (Å²) in [6, 6.07) is 9.83. The molecule has 2 aromatic rings. The molecule has 0 bridgehead atoms. The molecule has 0 radical (unpaired) electrons. The van der Waals surface area contributed by atoms with E-state index in [-0.39, 0.29) is 30.3 Å². The molecule has 2 rings (SSSR count). The number of nitrogens with zero attached hydrogens (tertiary/aromatic N) is 2. The molecular weight excluding hydrogens is 403 g/mol. The minimum atomic E-state index is -5.06. The molecule has 11 heteroatoms. The molecule has 0 spiro atoms. The van der Waals surface area contributed by atoms with Crippen molar-refractivity contribution in [1.29, 1.82) is 0 Å². The van der Waals surface area contributed by atoms with Crippen molar-refractivity contribution in [1.82, 2.24) is 4.90 Å². The van der Waals surface area contributed by atoms with E-state index >= 15 is 0 Å². The van der Waals surface area contributed by atoms with Crippen molar-refractivity contribution in [2.24, 2.45) is 0 Å². The van der Waals surface area contributed by atoms with E-state index in [1.165, 1.54) is 42.5 Å². The number of para-hydroxylation sites is 1. The number of hydrogen-bond acceptors (Lipinski definition) is 5. The number of alkyl halides is 3. The van der Waals surface area contributed by atoms with E-state index in [2.05, 4.69) is 0 Å². The van der Waals surface area contributed by atoms with Crippen molar-refractivity contribution in [2.45, 2.75) is 12.7 Å². The molecule has 2 N–H and O–H groups in total. The third-order valence-corrected chi connectivity index (χ3v) is 3.93. The molecule has 2 aromatic carbocycles. The van der Waals surface area contributed by atoms with E-state index in [0.29, 0.717) is 15.5 Å². The summed E-state index contributed by atoms with van der Waals surface area (Å²) >= 11 is 5.74. The van der Waals surface area contributed by atoms with Crippen molar-refractivity contribution < 1.29 is 27.6 Å². The Morgan fingerprint density at radius 3 is 2.43 bits per heavy atom. The van der Waals surface area contributed by atoms with Crippen LogP contribution in [0.3, 0.4) is 0 Å². The lowest BCUT2D eigenvalue weighted by atomic mass is 10.2. The molecule has 7 nitrogen and oxygen atoms in total. The molecule has 0 saturated heterocycles. The van der Waals surface area contributed by atoms with Gasteiger partial charge < -0.3 is 15.4 Å². The Labute approximate surface area is 162 Å². The van der Waals surface area contributed by atoms with Crippen molar-refractivity contribution in [3.05, 3.63) is 63.2 Å². The summed E-state index contributed by atoms with van der Waals surface area (Å²) in [5, 5.41) is 11.3. The number of amides is 1. The van der Waals surface area contributed by atoms with E-state index in [9.17, 15) is 28.1 Å². The van der Waals surface area contributed by atoms with E-state index in [1.807, 2.05) is 0 Å². The number of nitrogen functional groups attached to an aromatic ring is 1. The molecule has 0 aliphatic heterocycles. The van der Waals surface area contributed by atoms with Crippen LogP contribution in [0.5, 0.6) is 5.75 Å². The maximum absolute atomic E-state index is 12.9. The van der Waals surface area contributed by atoms with Gasteiger partial charge in [0.15, 0.2) is 5.69 Å². The molecule has 0 fully saturated rings. The number of nitro groups is 1. The Balaban J connectivity index is 2.10. The van der Waals surface area contributed by atoms with E-state index in [4.69, 9.17) is 22.1 Å². The number of hydrogen-bond donors (Lipinski definition) is 1. The SMILES string of the molecule is Nc1c(OCCN(Cc2ccc(Cl)cc2)C(=O)C(F)(F)F)cccc1[N+](=O)[O-]. The van der Waals surface area contributed by atoms with Gasteiger partial charge in [-0.05, 0) is 23.8 Å². The van der Waals surface area contributed by atoms with Crippen LogP contribution in [0.1, 0.15) is 5.56 Å². The summed E-state index contributed by atoms with van der Waals surface area (Å²) in [6.45, 7) is -1.08. The van der Waals surface area contributed by atoms with E-state index in [1.54, 1.807) is 0 Å². The van der Waals surface area contributed by atoms with Gasteiger partial charge in [-0.15, -0.1) is 0 Å². The van der Waals surface area contributed by atoms with Gasteiger partial charge in [-0.3, -0.25) is 14.9 Å². The predicted molar refractivity (Wildman–Crippen MR) is 95.9 cm³/mol. The molecule has 0 aliphatic rings. The highest BCUT2D eigenvalue weighted by Gasteiger charge is 2.42. The van der Waals surface area contributed by atoms with Gasteiger partial charge in [0.2, 0.25) is 0 Å². The number of nitro benzene ring substituents is 1. The molecular formula is C17H15ClF3N3O4. The van der Waals surface area contributed by atoms with Crippen LogP contribution in [0.2, 0.25) is 5.02 Å². The van der Waals surface area contributed by atoms with Crippen LogP contribution in [0.25, 0.3) is 0 Å². The lowest BCUT2D eigenvalue weighted by Gasteiger charge is -2.24. The zero-order valence-corrected chi connectivity index (χ0v) is 15.0. The van der Waals surface area contributed by atoms with Crippen molar-refractivity contribution in [2.75, 3.05) is 18.9 Å². The molecule has 28 heavy (non-hydrogen) atoms. The fraction of sp³-hybridized carbons (Fsp3) is 0.235. The lowest BCUT2D eigenvalue weighted by Crippen LogP contribution is -2.42. The second-order valence-electron chi connectivity index (χ2n) is 5.65. The Kier molecular flexibility index (Phi) is 6.68. The number of rotatable bonds is 7. The van der Waals surface area contributed by atoms with Crippen LogP contribution in [-0.4, -0.2) is 35.1 Å². The molecule has 150 valence electrons. The topological polar surface area (TPSA) is 98.7 Å². The summed E-state index contributed by atoms with van der Waals surface area (Å²) < 4.78 is 43.9. The monoisotopic (exact) mass is 417 g/mol. The number of nitrogens with two attached hydrogens (primary N) is 1. The number of benzene rings is 2. The average Bonchev–Trinajstić information content (AvgIpc) is 2.62. The third-order valence-electron chi connectivity index (χ3n) is 3.67. The van der Waals surface area contributed by atoms with E-state index < -0.39 is 23.6 Å². The highest BCUT2D eigenvalue weighted by molar-refractivity contribution is 6.30. The average molecular weight is 418 g/mol. The second kappa shape index (κ2) is 8.79. The first-order chi connectivity index (χ1) is 13.1. The van der Waals surface area contributed by atoms with Gasteiger partial charge in [-0.1, -0.05) is 29.8 Å². The maximum atomic E-state index is 12.9. The van der Waals surface area contributed by atoms with Crippen molar-refractivity contribution in [3.8, 4) is 5.75 Å². The minimum Gasteiger partial charge on any atom is -0.489 e. The molecule has 0 heterocycles. The summed E-state index contributed by atoms with van der Waals surface area (Å²) in [5.74, 6) is -2.09. The Morgan fingerprint density at radius 2 is 1.86 bits per heavy atom. The standard InChI is InChI=1S/C17H15ClF3N3O4/c18-12-6-4-11(5-7-12)10-23(16(25)17(19,20)21)8-9-28-14-3-1-2-13(15(14)22)24(26)27/h1-7H,8-10,22H2. The van der Waals surface area contributed by atoms with Crippen LogP contribution in [0.4, 0.5) is 24.5 Å². The number of carbonyl (C=O) groups is 1. The van der Waals surface area contributed by atoms with Gasteiger partial charge in [0.25, 0.3) is 5.69 Å². The number of anilines is 1. The fourth-order valence-electron chi connectivity index (χ4n) is 2.33. The Hall–Kier alpha value is -3.01. The van der Waals surface area contributed by atoms with Crippen molar-refractivity contribution in [3.63, 3.8) is 0 Å². The van der Waals surface area contributed by atoms with Crippen LogP contribution in [0, 0.1) is 10.1 Å². The third kappa shape index (κ3) is 5.49. The van der Waals surface area contributed by atoms with Gasteiger partial charge in [0.05, 0.1) is 11.5 Å². The van der Waals surface area contributed by atoms with Gasteiger partial charge in [0.1, 0.15) is 12.4 Å². The van der Waals surface area contributed by atoms with Crippen LogP contribution in [-0.2, 0) is 11.3 Å². The molecule has 0 unspecified atom stereocenters. The number of halogens is 4. The summed E-state index contributed by atoms with van der Waals surface area (Å²) in [4.78, 5) is 22.4. The summed E-state index contributed by atoms with van der Waals surface area (Å²) in [5.41, 5.74) is 5.43. The van der Waals surface area contributed by atoms with Crippen molar-refractivity contribution >= 4 is 28.9 Å². The van der Waals surface area contributed by atoms with Gasteiger partial charge in [-0.25, -0.2) is 0 Å². The predicted octanol–water partition coefficient (Wildman–Crippen LogP) is 3.80. The lowest BCUT2D eigenvalue weighted by molar-refractivity contribution is -0.384. The number of ether oxygens (including phenoxy) is 1. The zero-order chi connectivity index (χ0) is 20.9. The highest BCUT2D eigenvalue weighted by Crippen LogP contribution is 2.31. The second-order valence-corrected chi connectivity index (χ2v) is 6.08. The van der Waals surface area contributed by atoms with Crippen LogP contribution >= 0.6 is 11.6 Å². The Morgan fingerprint density at radius 1 is 1.21 bits per heavy atom. The fourth-order valence-corrected chi connectivity index (χ4v) is 2.45. The van der Waals surface area contributed by atoms with Gasteiger partial charge in [0, 0.05) is 17.6 Å². The molecule has 0 saturated carbocycles.